The van der Waals surface area contributed by atoms with Crippen LogP contribution in [0.2, 0.25) is 0 Å². The van der Waals surface area contributed by atoms with E-state index in [-0.39, 0.29) is 18.3 Å². The number of amides is 1. The van der Waals surface area contributed by atoms with E-state index in [1.54, 1.807) is 6.07 Å². The Bertz CT molecular complexity index is 531. The Balaban J connectivity index is 2.21. The lowest BCUT2D eigenvalue weighted by atomic mass is 10.0. The van der Waals surface area contributed by atoms with Gasteiger partial charge in [-0.15, -0.1) is 0 Å². The number of benzene rings is 1. The van der Waals surface area contributed by atoms with Crippen molar-refractivity contribution >= 4 is 5.91 Å². The minimum Gasteiger partial charge on any atom is -0.338 e. The number of carbonyl (C=O) groups excluding carboxylic acids is 1. The van der Waals surface area contributed by atoms with Crippen LogP contribution in [0.1, 0.15) is 30.4 Å². The molecule has 1 aromatic rings. The Morgan fingerprint density at radius 2 is 2.21 bits per heavy atom. The van der Waals surface area contributed by atoms with Crippen molar-refractivity contribution in [2.75, 3.05) is 13.1 Å². The van der Waals surface area contributed by atoms with E-state index in [0.717, 1.165) is 24.9 Å². The summed E-state index contributed by atoms with van der Waals surface area (Å²) < 4.78 is 13.3. The number of piperidine rings is 1. The second-order valence-corrected chi connectivity index (χ2v) is 4.58. The number of likely N-dealkylation sites (tertiary alicyclic amines) is 1. The summed E-state index contributed by atoms with van der Waals surface area (Å²) in [5.41, 5.74) is 6.83. The van der Waals surface area contributed by atoms with Crippen LogP contribution >= 0.6 is 0 Å². The minimum absolute atomic E-state index is 0.160. The SMILES string of the molecule is NCC#Cc1cc(F)ccc1CN1CCCCC1=O. The van der Waals surface area contributed by atoms with Crippen molar-refractivity contribution < 1.29 is 9.18 Å². The quantitative estimate of drug-likeness (QED) is 0.822. The van der Waals surface area contributed by atoms with Crippen LogP contribution in [0.4, 0.5) is 4.39 Å². The van der Waals surface area contributed by atoms with Gasteiger partial charge < -0.3 is 10.6 Å². The Morgan fingerprint density at radius 3 is 2.95 bits per heavy atom. The van der Waals surface area contributed by atoms with E-state index < -0.39 is 0 Å². The summed E-state index contributed by atoms with van der Waals surface area (Å²) in [4.78, 5) is 13.6. The van der Waals surface area contributed by atoms with Crippen molar-refractivity contribution in [2.45, 2.75) is 25.8 Å². The number of hydrogen-bond donors (Lipinski definition) is 1. The first kappa shape index (κ1) is 13.6. The van der Waals surface area contributed by atoms with E-state index in [2.05, 4.69) is 11.8 Å². The molecule has 2 N–H and O–H groups in total. The number of halogens is 1. The first-order valence-electron chi connectivity index (χ1n) is 6.46. The van der Waals surface area contributed by atoms with Crippen LogP contribution in [-0.4, -0.2) is 23.9 Å². The summed E-state index contributed by atoms with van der Waals surface area (Å²) in [6.07, 6.45) is 2.58. The highest BCUT2D eigenvalue weighted by molar-refractivity contribution is 5.76. The lowest BCUT2D eigenvalue weighted by Crippen LogP contribution is -2.34. The van der Waals surface area contributed by atoms with Crippen molar-refractivity contribution in [1.29, 1.82) is 0 Å². The van der Waals surface area contributed by atoms with E-state index in [9.17, 15) is 9.18 Å². The fourth-order valence-corrected chi connectivity index (χ4v) is 2.18. The number of carbonyl (C=O) groups is 1. The van der Waals surface area contributed by atoms with Gasteiger partial charge in [0.25, 0.3) is 0 Å². The Labute approximate surface area is 112 Å². The van der Waals surface area contributed by atoms with Gasteiger partial charge in [-0.3, -0.25) is 4.79 Å². The predicted octanol–water partition coefficient (Wildman–Crippen LogP) is 1.65. The highest BCUT2D eigenvalue weighted by Gasteiger charge is 2.18. The van der Waals surface area contributed by atoms with Crippen LogP contribution in [-0.2, 0) is 11.3 Å². The normalized spacial score (nSPS) is 15.1. The van der Waals surface area contributed by atoms with Crippen LogP contribution in [0, 0.1) is 17.7 Å². The molecule has 1 amide bonds. The first-order chi connectivity index (χ1) is 9.20. The summed E-state index contributed by atoms with van der Waals surface area (Å²) in [5.74, 6) is 5.43. The van der Waals surface area contributed by atoms with Crippen LogP contribution in [0.25, 0.3) is 0 Å². The minimum atomic E-state index is -0.324. The van der Waals surface area contributed by atoms with Gasteiger partial charge in [0.2, 0.25) is 5.91 Å². The summed E-state index contributed by atoms with van der Waals surface area (Å²) in [6, 6.07) is 4.49. The largest absolute Gasteiger partial charge is 0.338 e. The highest BCUT2D eigenvalue weighted by Crippen LogP contribution is 2.17. The van der Waals surface area contributed by atoms with E-state index in [4.69, 9.17) is 5.73 Å². The van der Waals surface area contributed by atoms with Crippen LogP contribution < -0.4 is 5.73 Å². The van der Waals surface area contributed by atoms with E-state index in [0.29, 0.717) is 18.5 Å². The van der Waals surface area contributed by atoms with Gasteiger partial charge in [-0.1, -0.05) is 17.9 Å². The van der Waals surface area contributed by atoms with E-state index >= 15 is 0 Å². The number of rotatable bonds is 2. The molecule has 4 heteroatoms. The van der Waals surface area contributed by atoms with Crippen molar-refractivity contribution in [2.24, 2.45) is 5.73 Å². The van der Waals surface area contributed by atoms with E-state index in [1.807, 2.05) is 4.90 Å². The molecule has 0 aliphatic carbocycles. The van der Waals surface area contributed by atoms with Gasteiger partial charge in [0.05, 0.1) is 6.54 Å². The summed E-state index contributed by atoms with van der Waals surface area (Å²) in [6.45, 7) is 1.49. The molecule has 0 radical (unpaired) electrons. The lowest BCUT2D eigenvalue weighted by molar-refractivity contribution is -0.133. The van der Waals surface area contributed by atoms with Gasteiger partial charge in [-0.2, -0.15) is 0 Å². The monoisotopic (exact) mass is 260 g/mol. The molecule has 1 aromatic carbocycles. The van der Waals surface area contributed by atoms with Crippen LogP contribution in [0.15, 0.2) is 18.2 Å². The zero-order valence-electron chi connectivity index (χ0n) is 10.8. The molecule has 1 heterocycles. The summed E-state index contributed by atoms with van der Waals surface area (Å²) in [7, 11) is 0. The first-order valence-corrected chi connectivity index (χ1v) is 6.46. The van der Waals surface area contributed by atoms with Crippen LogP contribution in [0.3, 0.4) is 0 Å². The van der Waals surface area contributed by atoms with Crippen LogP contribution in [0.5, 0.6) is 0 Å². The number of hydrogen-bond acceptors (Lipinski definition) is 2. The summed E-state index contributed by atoms with van der Waals surface area (Å²) >= 11 is 0. The van der Waals surface area contributed by atoms with E-state index in [1.165, 1.54) is 12.1 Å². The number of nitrogens with zero attached hydrogens (tertiary/aromatic N) is 1. The predicted molar refractivity (Wildman–Crippen MR) is 71.6 cm³/mol. The van der Waals surface area contributed by atoms with Gasteiger partial charge >= 0.3 is 0 Å². The third kappa shape index (κ3) is 3.55. The van der Waals surface area contributed by atoms with Gasteiger partial charge in [0, 0.05) is 25.1 Å². The maximum absolute atomic E-state index is 13.3. The lowest BCUT2D eigenvalue weighted by Gasteiger charge is -2.27. The van der Waals surface area contributed by atoms with Crippen molar-refractivity contribution in [3.63, 3.8) is 0 Å². The second kappa shape index (κ2) is 6.35. The molecular weight excluding hydrogens is 243 g/mol. The van der Waals surface area contributed by atoms with Gasteiger partial charge in [0.1, 0.15) is 5.82 Å². The molecule has 0 saturated carbocycles. The van der Waals surface area contributed by atoms with Crippen molar-refractivity contribution in [3.8, 4) is 11.8 Å². The molecule has 1 aliphatic rings. The molecule has 2 rings (SSSR count). The smallest absolute Gasteiger partial charge is 0.222 e. The molecule has 0 atom stereocenters. The molecular formula is C15H17FN2O. The topological polar surface area (TPSA) is 46.3 Å². The highest BCUT2D eigenvalue weighted by atomic mass is 19.1. The Hall–Kier alpha value is -1.86. The average Bonchev–Trinajstić information content (AvgIpc) is 2.41. The average molecular weight is 260 g/mol. The van der Waals surface area contributed by atoms with Gasteiger partial charge in [-0.05, 0) is 30.5 Å². The molecule has 19 heavy (non-hydrogen) atoms. The molecule has 1 aliphatic heterocycles. The fraction of sp³-hybridized carbons (Fsp3) is 0.400. The third-order valence-electron chi connectivity index (χ3n) is 3.18. The molecule has 0 spiro atoms. The fourth-order valence-electron chi connectivity index (χ4n) is 2.18. The molecule has 1 fully saturated rings. The Morgan fingerprint density at radius 1 is 1.37 bits per heavy atom. The van der Waals surface area contributed by atoms with Crippen molar-refractivity contribution in [1.82, 2.24) is 4.90 Å². The standard InChI is InChI=1S/C15H17FN2O/c16-14-7-6-13(12(10-14)4-3-8-17)11-18-9-2-1-5-15(18)19/h6-7,10H,1-2,5,8-9,11,17H2. The van der Waals surface area contributed by atoms with Crippen molar-refractivity contribution in [3.05, 3.63) is 35.1 Å². The summed E-state index contributed by atoms with van der Waals surface area (Å²) in [5, 5.41) is 0. The molecule has 1 saturated heterocycles. The second-order valence-electron chi connectivity index (χ2n) is 4.58. The number of nitrogens with two attached hydrogens (primary N) is 1. The molecule has 0 aromatic heterocycles. The molecule has 0 bridgehead atoms. The van der Waals surface area contributed by atoms with Gasteiger partial charge in [-0.25, -0.2) is 4.39 Å². The maximum atomic E-state index is 13.3. The third-order valence-corrected chi connectivity index (χ3v) is 3.18. The molecule has 3 nitrogen and oxygen atoms in total. The van der Waals surface area contributed by atoms with Gasteiger partial charge in [0.15, 0.2) is 0 Å². The zero-order chi connectivity index (χ0) is 13.7. The zero-order valence-corrected chi connectivity index (χ0v) is 10.8. The molecule has 0 unspecified atom stereocenters. The Kier molecular flexibility index (Phi) is 4.53. The molecule has 100 valence electrons. The maximum Gasteiger partial charge on any atom is 0.222 e.